The Labute approximate surface area is 99.9 Å². The van der Waals surface area contributed by atoms with Crippen LogP contribution in [0.25, 0.3) is 11.1 Å². The van der Waals surface area contributed by atoms with Crippen molar-refractivity contribution in [3.63, 3.8) is 0 Å². The van der Waals surface area contributed by atoms with Crippen LogP contribution >= 0.6 is 0 Å². The number of hydrogen-bond acceptors (Lipinski definition) is 0. The molecule has 0 N–H and O–H groups in total. The SMILES string of the molecule is CC(C)c1ccccc1-c1ccc(F)cc1F. The van der Waals surface area contributed by atoms with Gasteiger partial charge >= 0.3 is 0 Å². The summed E-state index contributed by atoms with van der Waals surface area (Å²) in [7, 11) is 0. The van der Waals surface area contributed by atoms with Crippen molar-refractivity contribution in [2.75, 3.05) is 0 Å². The maximum atomic E-state index is 13.7. The summed E-state index contributed by atoms with van der Waals surface area (Å²) in [5, 5.41) is 0. The molecule has 2 heteroatoms. The Balaban J connectivity index is 2.60. The van der Waals surface area contributed by atoms with Gasteiger partial charge in [-0.3, -0.25) is 0 Å². The van der Waals surface area contributed by atoms with Gasteiger partial charge in [-0.1, -0.05) is 38.1 Å². The van der Waals surface area contributed by atoms with Gasteiger partial charge in [-0.05, 0) is 29.2 Å². The molecule has 88 valence electrons. The molecule has 0 radical (unpaired) electrons. The molecule has 0 amide bonds. The zero-order valence-corrected chi connectivity index (χ0v) is 9.87. The van der Waals surface area contributed by atoms with Crippen LogP contribution in [-0.4, -0.2) is 0 Å². The molecule has 2 aromatic carbocycles. The number of halogens is 2. The van der Waals surface area contributed by atoms with E-state index in [4.69, 9.17) is 0 Å². The van der Waals surface area contributed by atoms with E-state index in [1.54, 1.807) is 0 Å². The largest absolute Gasteiger partial charge is 0.207 e. The molecule has 0 atom stereocenters. The zero-order valence-electron chi connectivity index (χ0n) is 9.87. The Kier molecular flexibility index (Phi) is 3.23. The molecule has 0 saturated carbocycles. The minimum Gasteiger partial charge on any atom is -0.207 e. The molecule has 0 aliphatic carbocycles. The predicted molar refractivity (Wildman–Crippen MR) is 65.9 cm³/mol. The first-order chi connectivity index (χ1) is 8.09. The Morgan fingerprint density at radius 2 is 1.59 bits per heavy atom. The van der Waals surface area contributed by atoms with Crippen molar-refractivity contribution in [1.29, 1.82) is 0 Å². The molecular formula is C15H14F2. The molecule has 0 saturated heterocycles. The fourth-order valence-corrected chi connectivity index (χ4v) is 1.95. The van der Waals surface area contributed by atoms with Gasteiger partial charge in [0.05, 0.1) is 0 Å². The summed E-state index contributed by atoms with van der Waals surface area (Å²) < 4.78 is 26.6. The maximum absolute atomic E-state index is 13.7. The Hall–Kier alpha value is -1.70. The van der Waals surface area contributed by atoms with Gasteiger partial charge in [0.2, 0.25) is 0 Å². The second-order valence-electron chi connectivity index (χ2n) is 4.37. The topological polar surface area (TPSA) is 0 Å². The fourth-order valence-electron chi connectivity index (χ4n) is 1.95. The molecular weight excluding hydrogens is 218 g/mol. The monoisotopic (exact) mass is 232 g/mol. The van der Waals surface area contributed by atoms with Gasteiger partial charge in [0.15, 0.2) is 0 Å². The van der Waals surface area contributed by atoms with E-state index >= 15 is 0 Å². The predicted octanol–water partition coefficient (Wildman–Crippen LogP) is 4.76. The molecule has 0 bridgehead atoms. The molecule has 0 aromatic heterocycles. The van der Waals surface area contributed by atoms with Crippen molar-refractivity contribution in [2.45, 2.75) is 19.8 Å². The summed E-state index contributed by atoms with van der Waals surface area (Å²) in [5.41, 5.74) is 2.36. The van der Waals surface area contributed by atoms with Crippen LogP contribution in [0.4, 0.5) is 8.78 Å². The molecule has 0 aliphatic rings. The quantitative estimate of drug-likeness (QED) is 0.700. The van der Waals surface area contributed by atoms with E-state index in [0.29, 0.717) is 11.5 Å². The zero-order chi connectivity index (χ0) is 12.4. The first kappa shape index (κ1) is 11.8. The Bertz CT molecular complexity index is 530. The van der Waals surface area contributed by atoms with E-state index in [1.165, 1.54) is 12.1 Å². The van der Waals surface area contributed by atoms with Crippen molar-refractivity contribution in [2.24, 2.45) is 0 Å². The number of hydrogen-bond donors (Lipinski definition) is 0. The average Bonchev–Trinajstić information content (AvgIpc) is 2.29. The summed E-state index contributed by atoms with van der Waals surface area (Å²) >= 11 is 0. The van der Waals surface area contributed by atoms with Crippen LogP contribution in [0, 0.1) is 11.6 Å². The van der Waals surface area contributed by atoms with Crippen LogP contribution in [0.1, 0.15) is 25.3 Å². The van der Waals surface area contributed by atoms with Gasteiger partial charge in [-0.2, -0.15) is 0 Å². The molecule has 17 heavy (non-hydrogen) atoms. The molecule has 2 rings (SSSR count). The third-order valence-electron chi connectivity index (χ3n) is 2.80. The summed E-state index contributed by atoms with van der Waals surface area (Å²) in [5.74, 6) is -0.762. The molecule has 0 spiro atoms. The minimum atomic E-state index is -0.548. The molecule has 0 fully saturated rings. The molecule has 2 aromatic rings. The highest BCUT2D eigenvalue weighted by Gasteiger charge is 2.11. The van der Waals surface area contributed by atoms with Crippen LogP contribution < -0.4 is 0 Å². The lowest BCUT2D eigenvalue weighted by atomic mass is 9.92. The van der Waals surface area contributed by atoms with E-state index in [9.17, 15) is 8.78 Å². The second kappa shape index (κ2) is 4.66. The van der Waals surface area contributed by atoms with Crippen molar-refractivity contribution in [1.82, 2.24) is 0 Å². The summed E-state index contributed by atoms with van der Waals surface area (Å²) in [4.78, 5) is 0. The highest BCUT2D eigenvalue weighted by Crippen LogP contribution is 2.30. The standard InChI is InChI=1S/C15H14F2/c1-10(2)12-5-3-4-6-13(12)14-8-7-11(16)9-15(14)17/h3-10H,1-2H3. The summed E-state index contributed by atoms with van der Waals surface area (Å²) in [6.45, 7) is 4.11. The highest BCUT2D eigenvalue weighted by molar-refractivity contribution is 5.68. The van der Waals surface area contributed by atoms with Crippen LogP contribution in [0.5, 0.6) is 0 Å². The van der Waals surface area contributed by atoms with E-state index in [1.807, 2.05) is 24.3 Å². The lowest BCUT2D eigenvalue weighted by molar-refractivity contribution is 0.585. The van der Waals surface area contributed by atoms with Gasteiger partial charge in [0.25, 0.3) is 0 Å². The summed E-state index contributed by atoms with van der Waals surface area (Å²) in [6, 6.07) is 11.3. The average molecular weight is 232 g/mol. The van der Waals surface area contributed by atoms with Gasteiger partial charge in [-0.25, -0.2) is 8.78 Å². The smallest absolute Gasteiger partial charge is 0.133 e. The fraction of sp³-hybridized carbons (Fsp3) is 0.200. The molecule has 0 aliphatic heterocycles. The first-order valence-electron chi connectivity index (χ1n) is 5.64. The van der Waals surface area contributed by atoms with Crippen molar-refractivity contribution >= 4 is 0 Å². The highest BCUT2D eigenvalue weighted by atomic mass is 19.1. The number of benzene rings is 2. The van der Waals surface area contributed by atoms with E-state index in [0.717, 1.165) is 17.2 Å². The molecule has 0 nitrogen and oxygen atoms in total. The van der Waals surface area contributed by atoms with Crippen LogP contribution in [0.2, 0.25) is 0 Å². The van der Waals surface area contributed by atoms with Gasteiger partial charge in [0, 0.05) is 11.6 Å². The molecule has 0 heterocycles. The van der Waals surface area contributed by atoms with Gasteiger partial charge in [-0.15, -0.1) is 0 Å². The minimum absolute atomic E-state index is 0.302. The number of rotatable bonds is 2. The van der Waals surface area contributed by atoms with Crippen molar-refractivity contribution in [3.05, 3.63) is 59.7 Å². The Morgan fingerprint density at radius 1 is 0.882 bits per heavy atom. The third kappa shape index (κ3) is 2.36. The summed E-state index contributed by atoms with van der Waals surface area (Å²) in [6.07, 6.45) is 0. The van der Waals surface area contributed by atoms with E-state index in [2.05, 4.69) is 13.8 Å². The Morgan fingerprint density at radius 3 is 2.24 bits per heavy atom. The van der Waals surface area contributed by atoms with Crippen molar-refractivity contribution in [3.8, 4) is 11.1 Å². The lowest BCUT2D eigenvalue weighted by Crippen LogP contribution is -1.94. The first-order valence-corrected chi connectivity index (χ1v) is 5.64. The molecule has 0 unspecified atom stereocenters. The maximum Gasteiger partial charge on any atom is 0.133 e. The van der Waals surface area contributed by atoms with E-state index in [-0.39, 0.29) is 0 Å². The lowest BCUT2D eigenvalue weighted by Gasteiger charge is -2.13. The van der Waals surface area contributed by atoms with Gasteiger partial charge in [0.1, 0.15) is 11.6 Å². The van der Waals surface area contributed by atoms with Crippen LogP contribution in [-0.2, 0) is 0 Å². The third-order valence-corrected chi connectivity index (χ3v) is 2.80. The van der Waals surface area contributed by atoms with Crippen molar-refractivity contribution < 1.29 is 8.78 Å². The second-order valence-corrected chi connectivity index (χ2v) is 4.37. The van der Waals surface area contributed by atoms with Crippen LogP contribution in [0.3, 0.4) is 0 Å². The normalized spacial score (nSPS) is 10.9. The van der Waals surface area contributed by atoms with Gasteiger partial charge < -0.3 is 0 Å². The van der Waals surface area contributed by atoms with Crippen LogP contribution in [0.15, 0.2) is 42.5 Å². The van der Waals surface area contributed by atoms with E-state index < -0.39 is 11.6 Å².